The average Bonchev–Trinajstić information content (AvgIpc) is 3.26. The van der Waals surface area contributed by atoms with E-state index in [0.717, 1.165) is 31.5 Å². The van der Waals surface area contributed by atoms with Crippen LogP contribution in [-0.4, -0.2) is 39.4 Å². The maximum absolute atomic E-state index is 13.2. The fourth-order valence-corrected chi connectivity index (χ4v) is 3.85. The van der Waals surface area contributed by atoms with Gasteiger partial charge >= 0.3 is 0 Å². The Kier molecular flexibility index (Phi) is 6.08. The number of amides is 2. The molecule has 0 radical (unpaired) electrons. The second kappa shape index (κ2) is 9.09. The summed E-state index contributed by atoms with van der Waals surface area (Å²) in [6.45, 7) is 2.35. The number of anilines is 1. The lowest BCUT2D eigenvalue weighted by Crippen LogP contribution is -2.40. The van der Waals surface area contributed by atoms with E-state index in [1.54, 1.807) is 16.7 Å². The molecule has 1 atom stereocenters. The van der Waals surface area contributed by atoms with Crippen LogP contribution in [0.3, 0.4) is 0 Å². The number of piperidine rings is 1. The summed E-state index contributed by atoms with van der Waals surface area (Å²) in [5.41, 5.74) is 8.21. The van der Waals surface area contributed by atoms with Gasteiger partial charge in [0.25, 0.3) is 5.91 Å². The zero-order chi connectivity index (χ0) is 21.8. The first-order valence-electron chi connectivity index (χ1n) is 10.2. The Hall–Kier alpha value is -3.52. The van der Waals surface area contributed by atoms with Crippen LogP contribution < -0.4 is 11.1 Å². The Labute approximate surface area is 179 Å². The molecular formula is C23H24FN5O2. The molecule has 1 aliphatic rings. The largest absolute Gasteiger partial charge is 0.369 e. The van der Waals surface area contributed by atoms with Crippen LogP contribution in [0.1, 0.15) is 28.9 Å². The van der Waals surface area contributed by atoms with Crippen molar-refractivity contribution < 1.29 is 14.0 Å². The fraction of sp³-hybridized carbons (Fsp3) is 0.261. The van der Waals surface area contributed by atoms with E-state index >= 15 is 0 Å². The van der Waals surface area contributed by atoms with Gasteiger partial charge < -0.3 is 11.1 Å². The van der Waals surface area contributed by atoms with Crippen molar-refractivity contribution in [2.45, 2.75) is 19.4 Å². The summed E-state index contributed by atoms with van der Waals surface area (Å²) in [4.78, 5) is 30.5. The fourth-order valence-electron chi connectivity index (χ4n) is 3.85. The number of nitrogens with zero attached hydrogens (tertiary/aromatic N) is 3. The van der Waals surface area contributed by atoms with Gasteiger partial charge in [0.05, 0.1) is 18.4 Å². The standard InChI is InChI=1S/C23H24FN5O2/c24-18-5-9-20(10-6-18)29-15-26-12-21(29)23(31)27-19-7-3-16(4-8-19)13-28-11-1-2-17(14-28)22(25)30/h3-10,12,15,17H,1-2,11,13-14H2,(H2,25,30)(H,27,31). The Morgan fingerprint density at radius 2 is 1.87 bits per heavy atom. The summed E-state index contributed by atoms with van der Waals surface area (Å²) in [6.07, 6.45) is 4.80. The molecule has 0 aliphatic carbocycles. The summed E-state index contributed by atoms with van der Waals surface area (Å²) in [5.74, 6) is -0.972. The van der Waals surface area contributed by atoms with E-state index in [9.17, 15) is 14.0 Å². The van der Waals surface area contributed by atoms with Crippen molar-refractivity contribution in [2.24, 2.45) is 11.7 Å². The van der Waals surface area contributed by atoms with Gasteiger partial charge in [-0.05, 0) is 61.3 Å². The Balaban J connectivity index is 1.39. The van der Waals surface area contributed by atoms with E-state index < -0.39 is 0 Å². The number of likely N-dealkylation sites (tertiary alicyclic amines) is 1. The van der Waals surface area contributed by atoms with Crippen molar-refractivity contribution in [3.63, 3.8) is 0 Å². The van der Waals surface area contributed by atoms with Gasteiger partial charge in [-0.25, -0.2) is 9.37 Å². The van der Waals surface area contributed by atoms with E-state index in [0.29, 0.717) is 23.6 Å². The molecule has 7 nitrogen and oxygen atoms in total. The topological polar surface area (TPSA) is 93.2 Å². The number of halogens is 1. The van der Waals surface area contributed by atoms with E-state index in [2.05, 4.69) is 15.2 Å². The molecule has 1 saturated heterocycles. The number of hydrogen-bond acceptors (Lipinski definition) is 4. The van der Waals surface area contributed by atoms with Crippen molar-refractivity contribution >= 4 is 17.5 Å². The first-order valence-corrected chi connectivity index (χ1v) is 10.2. The zero-order valence-corrected chi connectivity index (χ0v) is 17.0. The highest BCUT2D eigenvalue weighted by Gasteiger charge is 2.23. The van der Waals surface area contributed by atoms with Crippen molar-refractivity contribution in [2.75, 3.05) is 18.4 Å². The number of carbonyl (C=O) groups excluding carboxylic acids is 2. The highest BCUT2D eigenvalue weighted by molar-refractivity contribution is 6.03. The molecular weight excluding hydrogens is 397 g/mol. The molecule has 0 saturated carbocycles. The molecule has 3 N–H and O–H groups in total. The Morgan fingerprint density at radius 1 is 1.13 bits per heavy atom. The van der Waals surface area contributed by atoms with Crippen LogP contribution in [0.4, 0.5) is 10.1 Å². The third-order valence-electron chi connectivity index (χ3n) is 5.50. The van der Waals surface area contributed by atoms with Crippen LogP contribution in [-0.2, 0) is 11.3 Å². The molecule has 4 rings (SSSR count). The zero-order valence-electron chi connectivity index (χ0n) is 17.0. The summed E-state index contributed by atoms with van der Waals surface area (Å²) >= 11 is 0. The number of aromatic nitrogens is 2. The molecule has 2 heterocycles. The number of primary amides is 1. The predicted octanol–water partition coefficient (Wildman–Crippen LogP) is 2.96. The Bertz CT molecular complexity index is 1060. The molecule has 1 aliphatic heterocycles. The number of nitrogens with two attached hydrogens (primary N) is 1. The summed E-state index contributed by atoms with van der Waals surface area (Å²) in [6, 6.07) is 13.5. The predicted molar refractivity (Wildman–Crippen MR) is 115 cm³/mol. The van der Waals surface area contributed by atoms with Crippen molar-refractivity contribution in [1.82, 2.24) is 14.5 Å². The van der Waals surface area contributed by atoms with Crippen LogP contribution in [0, 0.1) is 11.7 Å². The van der Waals surface area contributed by atoms with E-state index in [4.69, 9.17) is 5.73 Å². The monoisotopic (exact) mass is 421 g/mol. The average molecular weight is 421 g/mol. The number of carbonyl (C=O) groups is 2. The summed E-state index contributed by atoms with van der Waals surface area (Å²) in [7, 11) is 0. The minimum atomic E-state index is -0.343. The smallest absolute Gasteiger partial charge is 0.274 e. The molecule has 2 amide bonds. The summed E-state index contributed by atoms with van der Waals surface area (Å²) < 4.78 is 14.8. The molecule has 1 aromatic heterocycles. The third-order valence-corrected chi connectivity index (χ3v) is 5.50. The van der Waals surface area contributed by atoms with Crippen molar-refractivity contribution in [3.8, 4) is 5.69 Å². The van der Waals surface area contributed by atoms with Crippen LogP contribution in [0.25, 0.3) is 5.69 Å². The SMILES string of the molecule is NC(=O)C1CCCN(Cc2ccc(NC(=O)c3cncn3-c3ccc(F)cc3)cc2)C1. The lowest BCUT2D eigenvalue weighted by molar-refractivity contribution is -0.123. The van der Waals surface area contributed by atoms with Gasteiger partial charge in [0, 0.05) is 24.5 Å². The quantitative estimate of drug-likeness (QED) is 0.640. The van der Waals surface area contributed by atoms with E-state index in [-0.39, 0.29) is 23.5 Å². The lowest BCUT2D eigenvalue weighted by Gasteiger charge is -2.31. The van der Waals surface area contributed by atoms with Crippen molar-refractivity contribution in [1.29, 1.82) is 0 Å². The number of rotatable bonds is 6. The van der Waals surface area contributed by atoms with Gasteiger partial charge in [-0.15, -0.1) is 0 Å². The lowest BCUT2D eigenvalue weighted by atomic mass is 9.97. The number of hydrogen-bond donors (Lipinski definition) is 2. The molecule has 8 heteroatoms. The van der Waals surface area contributed by atoms with Crippen LogP contribution in [0.15, 0.2) is 61.1 Å². The normalized spacial score (nSPS) is 16.7. The molecule has 31 heavy (non-hydrogen) atoms. The molecule has 0 spiro atoms. The van der Waals surface area contributed by atoms with Gasteiger partial charge in [-0.1, -0.05) is 12.1 Å². The molecule has 0 bridgehead atoms. The first-order chi connectivity index (χ1) is 15.0. The highest BCUT2D eigenvalue weighted by Crippen LogP contribution is 2.20. The molecule has 1 fully saturated rings. The Morgan fingerprint density at radius 3 is 2.58 bits per heavy atom. The van der Waals surface area contributed by atoms with E-state index in [1.807, 2.05) is 24.3 Å². The second-order valence-electron chi connectivity index (χ2n) is 7.75. The minimum Gasteiger partial charge on any atom is -0.369 e. The second-order valence-corrected chi connectivity index (χ2v) is 7.75. The molecule has 3 aromatic rings. The van der Waals surface area contributed by atoms with Crippen LogP contribution >= 0.6 is 0 Å². The van der Waals surface area contributed by atoms with Gasteiger partial charge in [0.1, 0.15) is 11.5 Å². The number of nitrogens with one attached hydrogen (secondary N) is 1. The third kappa shape index (κ3) is 4.97. The van der Waals surface area contributed by atoms with Crippen molar-refractivity contribution in [3.05, 3.63) is 78.1 Å². The molecule has 160 valence electrons. The number of imidazole rings is 1. The maximum Gasteiger partial charge on any atom is 0.274 e. The minimum absolute atomic E-state index is 0.0849. The summed E-state index contributed by atoms with van der Waals surface area (Å²) in [5, 5.41) is 2.87. The molecule has 1 unspecified atom stereocenters. The van der Waals surface area contributed by atoms with Crippen LogP contribution in [0.2, 0.25) is 0 Å². The highest BCUT2D eigenvalue weighted by atomic mass is 19.1. The first kappa shape index (κ1) is 20.7. The molecule has 2 aromatic carbocycles. The van der Waals surface area contributed by atoms with Gasteiger partial charge in [0.2, 0.25) is 5.91 Å². The van der Waals surface area contributed by atoms with Gasteiger partial charge in [-0.2, -0.15) is 0 Å². The number of benzene rings is 2. The maximum atomic E-state index is 13.2. The van der Waals surface area contributed by atoms with Crippen LogP contribution in [0.5, 0.6) is 0 Å². The van der Waals surface area contributed by atoms with Gasteiger partial charge in [-0.3, -0.25) is 19.1 Å². The van der Waals surface area contributed by atoms with E-state index in [1.165, 1.54) is 24.7 Å². The van der Waals surface area contributed by atoms with Gasteiger partial charge in [0.15, 0.2) is 0 Å².